The molecule has 2 aromatic carbocycles. The van der Waals surface area contributed by atoms with Gasteiger partial charge in [-0.15, -0.1) is 0 Å². The first-order valence-electron chi connectivity index (χ1n) is 13.3. The van der Waals surface area contributed by atoms with Crippen molar-refractivity contribution < 1.29 is 14.3 Å². The molecule has 0 fully saturated rings. The Kier molecular flexibility index (Phi) is 14.9. The molecule has 0 radical (unpaired) electrons. The Morgan fingerprint density at radius 1 is 0.686 bits per heavy atom. The van der Waals surface area contributed by atoms with E-state index in [2.05, 4.69) is 31.2 Å². The Morgan fingerprint density at radius 3 is 1.97 bits per heavy atom. The van der Waals surface area contributed by atoms with Gasteiger partial charge in [0.25, 0.3) is 0 Å². The second kappa shape index (κ2) is 18.4. The summed E-state index contributed by atoms with van der Waals surface area (Å²) in [4.78, 5) is 24.3. The molecule has 0 unspecified atom stereocenters. The number of carbonyl (C=O) groups excluding carboxylic acids is 2. The van der Waals surface area contributed by atoms with E-state index < -0.39 is 0 Å². The molecule has 0 aliphatic rings. The Labute approximate surface area is 212 Å². The number of hydrogen-bond acceptors (Lipinski definition) is 3. The number of allylic oxidation sites excluding steroid dienone is 4. The fourth-order valence-electron chi connectivity index (χ4n) is 3.86. The van der Waals surface area contributed by atoms with E-state index in [1.54, 1.807) is 12.1 Å². The van der Waals surface area contributed by atoms with Gasteiger partial charge in [0.2, 0.25) is 0 Å². The summed E-state index contributed by atoms with van der Waals surface area (Å²) in [5.41, 5.74) is 2.73. The van der Waals surface area contributed by atoms with E-state index in [0.29, 0.717) is 12.0 Å². The first kappa shape index (κ1) is 28.3. The van der Waals surface area contributed by atoms with Gasteiger partial charge >= 0.3 is 5.97 Å². The monoisotopic (exact) mass is 474 g/mol. The predicted octanol–water partition coefficient (Wildman–Crippen LogP) is 8.89. The molecule has 0 heterocycles. The number of Topliss-reactive ketones (excluding diaryl/α,β-unsaturated/α-hetero) is 1. The van der Waals surface area contributed by atoms with Crippen LogP contribution < -0.4 is 0 Å². The molecular formula is C32H42O3. The second-order valence-electron chi connectivity index (χ2n) is 9.01. The summed E-state index contributed by atoms with van der Waals surface area (Å²) in [5, 5.41) is 0. The van der Waals surface area contributed by atoms with E-state index in [4.69, 9.17) is 4.74 Å². The van der Waals surface area contributed by atoms with Crippen LogP contribution in [0.4, 0.5) is 0 Å². The Balaban J connectivity index is 1.47. The molecule has 0 amide bonds. The zero-order valence-corrected chi connectivity index (χ0v) is 21.4. The van der Waals surface area contributed by atoms with Gasteiger partial charge in [-0.3, -0.25) is 9.59 Å². The van der Waals surface area contributed by atoms with Gasteiger partial charge in [-0.1, -0.05) is 118 Å². The van der Waals surface area contributed by atoms with E-state index in [1.807, 2.05) is 42.5 Å². The van der Waals surface area contributed by atoms with Crippen LogP contribution in [0.1, 0.15) is 94.3 Å². The van der Waals surface area contributed by atoms with E-state index in [-0.39, 0.29) is 18.4 Å². The van der Waals surface area contributed by atoms with Gasteiger partial charge in [0, 0.05) is 12.0 Å². The molecule has 0 bridgehead atoms. The Bertz CT molecular complexity index is 894. The Morgan fingerprint density at radius 2 is 1.29 bits per heavy atom. The third kappa shape index (κ3) is 12.9. The number of ketones is 1. The predicted molar refractivity (Wildman–Crippen MR) is 147 cm³/mol. The molecule has 2 rings (SSSR count). The van der Waals surface area contributed by atoms with Crippen LogP contribution in [0.3, 0.4) is 0 Å². The maximum absolute atomic E-state index is 12.3. The number of ether oxygens (including phenoxy) is 1. The quantitative estimate of drug-likeness (QED) is 0.0937. The maximum atomic E-state index is 12.3. The van der Waals surface area contributed by atoms with Crippen molar-refractivity contribution in [1.82, 2.24) is 0 Å². The summed E-state index contributed by atoms with van der Waals surface area (Å²) < 4.78 is 5.19. The van der Waals surface area contributed by atoms with Gasteiger partial charge in [0.05, 0.1) is 0 Å². The molecular weight excluding hydrogens is 432 g/mol. The first-order chi connectivity index (χ1) is 17.2. The molecule has 0 atom stereocenters. The van der Waals surface area contributed by atoms with Crippen molar-refractivity contribution in [3.63, 3.8) is 0 Å². The number of esters is 1. The van der Waals surface area contributed by atoms with E-state index in [1.165, 1.54) is 38.5 Å². The summed E-state index contributed by atoms with van der Waals surface area (Å²) in [7, 11) is 0. The fourth-order valence-corrected chi connectivity index (χ4v) is 3.86. The highest BCUT2D eigenvalue weighted by Gasteiger charge is 2.10. The van der Waals surface area contributed by atoms with E-state index in [0.717, 1.165) is 43.2 Å². The van der Waals surface area contributed by atoms with Gasteiger partial charge in [-0.2, -0.15) is 0 Å². The lowest BCUT2D eigenvalue weighted by molar-refractivity contribution is -0.142. The van der Waals surface area contributed by atoms with Gasteiger partial charge in [-0.25, -0.2) is 0 Å². The van der Waals surface area contributed by atoms with Crippen LogP contribution >= 0.6 is 0 Å². The van der Waals surface area contributed by atoms with Crippen molar-refractivity contribution >= 4 is 11.8 Å². The lowest BCUT2D eigenvalue weighted by Crippen LogP contribution is -2.13. The fraction of sp³-hybridized carbons (Fsp3) is 0.438. The van der Waals surface area contributed by atoms with Crippen LogP contribution in [-0.2, 0) is 9.53 Å². The zero-order valence-electron chi connectivity index (χ0n) is 21.4. The van der Waals surface area contributed by atoms with Crippen molar-refractivity contribution in [2.75, 3.05) is 6.61 Å². The number of unbranched alkanes of at least 4 members (excludes halogenated alkanes) is 8. The molecule has 0 saturated heterocycles. The van der Waals surface area contributed by atoms with Gasteiger partial charge in [0.1, 0.15) is 0 Å². The van der Waals surface area contributed by atoms with Crippen LogP contribution in [0, 0.1) is 0 Å². The minimum absolute atomic E-state index is 0.169. The summed E-state index contributed by atoms with van der Waals surface area (Å²) in [6.45, 7) is 2.04. The topological polar surface area (TPSA) is 43.4 Å². The van der Waals surface area contributed by atoms with Gasteiger partial charge < -0.3 is 4.74 Å². The highest BCUT2D eigenvalue weighted by atomic mass is 16.5. The molecule has 0 spiro atoms. The first-order valence-corrected chi connectivity index (χ1v) is 13.3. The van der Waals surface area contributed by atoms with Gasteiger partial charge in [0.15, 0.2) is 12.4 Å². The SMILES string of the molecule is CCCCC/C=C\C/C=C\CCCCCCCC(=O)OCC(=O)c1ccc(-c2ccccc2)cc1. The van der Waals surface area contributed by atoms with Crippen LogP contribution in [0.5, 0.6) is 0 Å². The summed E-state index contributed by atoms with van der Waals surface area (Å²) >= 11 is 0. The number of rotatable bonds is 18. The molecule has 3 nitrogen and oxygen atoms in total. The van der Waals surface area contributed by atoms with Crippen LogP contribution in [-0.4, -0.2) is 18.4 Å². The van der Waals surface area contributed by atoms with Crippen LogP contribution in [0.2, 0.25) is 0 Å². The molecule has 0 aliphatic carbocycles. The minimum Gasteiger partial charge on any atom is -0.457 e. The van der Waals surface area contributed by atoms with Gasteiger partial charge in [-0.05, 0) is 49.7 Å². The molecule has 0 saturated carbocycles. The lowest BCUT2D eigenvalue weighted by atomic mass is 10.0. The van der Waals surface area contributed by atoms with Crippen molar-refractivity contribution in [2.45, 2.75) is 84.0 Å². The smallest absolute Gasteiger partial charge is 0.306 e. The summed E-state index contributed by atoms with van der Waals surface area (Å²) in [6.07, 6.45) is 22.1. The van der Waals surface area contributed by atoms with Crippen molar-refractivity contribution in [3.05, 3.63) is 84.5 Å². The van der Waals surface area contributed by atoms with E-state index in [9.17, 15) is 9.59 Å². The Hall–Kier alpha value is -2.94. The molecule has 3 heteroatoms. The highest BCUT2D eigenvalue weighted by molar-refractivity contribution is 5.98. The molecule has 0 aromatic heterocycles. The third-order valence-corrected chi connectivity index (χ3v) is 6.01. The number of carbonyl (C=O) groups is 2. The minimum atomic E-state index is -0.287. The maximum Gasteiger partial charge on any atom is 0.306 e. The molecule has 35 heavy (non-hydrogen) atoms. The number of hydrogen-bond donors (Lipinski definition) is 0. The van der Waals surface area contributed by atoms with Crippen molar-refractivity contribution in [2.24, 2.45) is 0 Å². The lowest BCUT2D eigenvalue weighted by Gasteiger charge is -2.06. The largest absolute Gasteiger partial charge is 0.457 e. The van der Waals surface area contributed by atoms with Crippen molar-refractivity contribution in [3.8, 4) is 11.1 Å². The molecule has 0 N–H and O–H groups in total. The molecule has 2 aromatic rings. The van der Waals surface area contributed by atoms with Crippen molar-refractivity contribution in [1.29, 1.82) is 0 Å². The summed E-state index contributed by atoms with van der Waals surface area (Å²) in [6, 6.07) is 17.4. The zero-order chi connectivity index (χ0) is 25.0. The standard InChI is InChI=1S/C32H42O3/c1-2-3-4-5-6-7-8-9-10-11-12-13-14-15-19-22-32(34)35-27-31(33)30-25-23-29(24-26-30)28-20-17-16-18-21-28/h6-7,9-10,16-18,20-21,23-26H,2-5,8,11-15,19,22,27H2,1H3/b7-6-,10-9-. The average molecular weight is 475 g/mol. The summed E-state index contributed by atoms with van der Waals surface area (Å²) in [5.74, 6) is -0.456. The highest BCUT2D eigenvalue weighted by Crippen LogP contribution is 2.19. The second-order valence-corrected chi connectivity index (χ2v) is 9.01. The number of benzene rings is 2. The van der Waals surface area contributed by atoms with E-state index >= 15 is 0 Å². The molecule has 188 valence electrons. The van der Waals surface area contributed by atoms with Crippen LogP contribution in [0.15, 0.2) is 78.9 Å². The third-order valence-electron chi connectivity index (χ3n) is 6.01. The van der Waals surface area contributed by atoms with Crippen LogP contribution in [0.25, 0.3) is 11.1 Å². The normalized spacial score (nSPS) is 11.3. The molecule has 0 aliphatic heterocycles. The average Bonchev–Trinajstić information content (AvgIpc) is 2.90.